The summed E-state index contributed by atoms with van der Waals surface area (Å²) in [4.78, 5) is 34.7. The first-order chi connectivity index (χ1) is 14.7. The van der Waals surface area contributed by atoms with Crippen molar-refractivity contribution in [3.05, 3.63) is 97.0 Å². The molecule has 0 unspecified atom stereocenters. The van der Waals surface area contributed by atoms with E-state index in [1.54, 1.807) is 6.08 Å². The Morgan fingerprint density at radius 2 is 1.61 bits per heavy atom. The van der Waals surface area contributed by atoms with E-state index in [0.29, 0.717) is 28.5 Å². The quantitative estimate of drug-likeness (QED) is 0.533. The lowest BCUT2D eigenvalue weighted by atomic mass is 9.92. The highest BCUT2D eigenvalue weighted by atomic mass is 16.3. The summed E-state index contributed by atoms with van der Waals surface area (Å²) >= 11 is 0. The summed E-state index contributed by atoms with van der Waals surface area (Å²) in [5, 5.41) is 0.247. The van der Waals surface area contributed by atoms with Crippen molar-refractivity contribution in [2.24, 2.45) is 0 Å². The van der Waals surface area contributed by atoms with E-state index in [4.69, 9.17) is 8.83 Å². The maximum Gasteiger partial charge on any atom is 0.272 e. The van der Waals surface area contributed by atoms with Gasteiger partial charge >= 0.3 is 0 Å². The Kier molecular flexibility index (Phi) is 5.10. The monoisotopic (exact) mass is 417 g/mol. The Morgan fingerprint density at radius 3 is 2.26 bits per heavy atom. The molecule has 0 aliphatic carbocycles. The average Bonchev–Trinajstić information content (AvgIpc) is 3.33. The molecule has 0 bridgehead atoms. The maximum atomic E-state index is 12.6. The van der Waals surface area contributed by atoms with Crippen LogP contribution in [0.1, 0.15) is 43.5 Å². The van der Waals surface area contributed by atoms with Crippen molar-refractivity contribution in [1.29, 1.82) is 0 Å². The SMILES string of the molecule is Cc1oc(-c2ccccc2)cc1/C=c1\[nH]c(=O)/c(=C/c2ncoc2C(C)(C)C)[nH]c1=O. The number of oxazole rings is 1. The van der Waals surface area contributed by atoms with Crippen LogP contribution in [0.5, 0.6) is 0 Å². The van der Waals surface area contributed by atoms with Crippen LogP contribution in [0.3, 0.4) is 0 Å². The first kappa shape index (κ1) is 20.4. The first-order valence-corrected chi connectivity index (χ1v) is 9.88. The maximum absolute atomic E-state index is 12.6. The van der Waals surface area contributed by atoms with Crippen LogP contribution in [0.2, 0.25) is 0 Å². The number of H-pyrrole nitrogens is 2. The Labute approximate surface area is 177 Å². The summed E-state index contributed by atoms with van der Waals surface area (Å²) in [6, 6.07) is 11.5. The average molecular weight is 417 g/mol. The van der Waals surface area contributed by atoms with Crippen LogP contribution in [0.25, 0.3) is 23.5 Å². The minimum atomic E-state index is -0.432. The van der Waals surface area contributed by atoms with Crippen molar-refractivity contribution in [2.45, 2.75) is 33.1 Å². The molecule has 3 heterocycles. The van der Waals surface area contributed by atoms with E-state index in [-0.39, 0.29) is 16.1 Å². The zero-order valence-electron chi connectivity index (χ0n) is 17.8. The fourth-order valence-electron chi connectivity index (χ4n) is 3.29. The van der Waals surface area contributed by atoms with E-state index < -0.39 is 11.1 Å². The van der Waals surface area contributed by atoms with Crippen molar-refractivity contribution < 1.29 is 8.83 Å². The Morgan fingerprint density at radius 1 is 0.968 bits per heavy atom. The molecule has 0 saturated heterocycles. The van der Waals surface area contributed by atoms with Crippen LogP contribution in [0.4, 0.5) is 0 Å². The third-order valence-electron chi connectivity index (χ3n) is 4.86. The van der Waals surface area contributed by atoms with Gasteiger partial charge in [-0.05, 0) is 25.1 Å². The molecule has 0 spiro atoms. The van der Waals surface area contributed by atoms with E-state index in [2.05, 4.69) is 15.0 Å². The van der Waals surface area contributed by atoms with Crippen molar-refractivity contribution in [1.82, 2.24) is 15.0 Å². The molecule has 7 nitrogen and oxygen atoms in total. The zero-order chi connectivity index (χ0) is 22.2. The van der Waals surface area contributed by atoms with Gasteiger partial charge < -0.3 is 18.8 Å². The smallest absolute Gasteiger partial charge is 0.272 e. The van der Waals surface area contributed by atoms with Crippen molar-refractivity contribution in [3.8, 4) is 11.3 Å². The molecule has 0 atom stereocenters. The fourth-order valence-corrected chi connectivity index (χ4v) is 3.29. The molecular formula is C24H23N3O4. The highest BCUT2D eigenvalue weighted by molar-refractivity contribution is 5.63. The molecule has 3 aromatic heterocycles. The van der Waals surface area contributed by atoms with Gasteiger partial charge in [-0.1, -0.05) is 51.1 Å². The second-order valence-corrected chi connectivity index (χ2v) is 8.33. The summed E-state index contributed by atoms with van der Waals surface area (Å²) in [6.07, 6.45) is 4.45. The van der Waals surface area contributed by atoms with E-state index in [1.165, 1.54) is 12.5 Å². The molecular weight excluding hydrogens is 394 g/mol. The van der Waals surface area contributed by atoms with Gasteiger partial charge in [-0.15, -0.1) is 0 Å². The first-order valence-electron chi connectivity index (χ1n) is 9.88. The number of nitrogens with one attached hydrogen (secondary N) is 2. The summed E-state index contributed by atoms with van der Waals surface area (Å²) in [7, 11) is 0. The molecule has 0 amide bonds. The van der Waals surface area contributed by atoms with Crippen molar-refractivity contribution in [3.63, 3.8) is 0 Å². The fraction of sp³-hybridized carbons (Fsp3) is 0.208. The normalized spacial score (nSPS) is 13.2. The lowest BCUT2D eigenvalue weighted by molar-refractivity contribution is 0.407. The van der Waals surface area contributed by atoms with E-state index >= 15 is 0 Å². The molecule has 0 saturated carbocycles. The number of nitrogens with zero attached hydrogens (tertiary/aromatic N) is 1. The van der Waals surface area contributed by atoms with Crippen LogP contribution in [-0.4, -0.2) is 15.0 Å². The predicted molar refractivity (Wildman–Crippen MR) is 118 cm³/mol. The third kappa shape index (κ3) is 4.21. The number of benzene rings is 1. The number of hydrogen-bond acceptors (Lipinski definition) is 5. The van der Waals surface area contributed by atoms with Crippen molar-refractivity contribution >= 4 is 12.2 Å². The highest BCUT2D eigenvalue weighted by Crippen LogP contribution is 2.26. The minimum Gasteiger partial charge on any atom is -0.461 e. The second-order valence-electron chi connectivity index (χ2n) is 8.33. The second kappa shape index (κ2) is 7.75. The van der Waals surface area contributed by atoms with Gasteiger partial charge in [0.1, 0.15) is 33.7 Å². The molecule has 7 heteroatoms. The number of aromatic nitrogens is 3. The molecule has 0 aliphatic rings. The molecule has 31 heavy (non-hydrogen) atoms. The van der Waals surface area contributed by atoms with Gasteiger partial charge in [-0.3, -0.25) is 9.59 Å². The summed E-state index contributed by atoms with van der Waals surface area (Å²) in [5.74, 6) is 1.96. The topological polar surface area (TPSA) is 105 Å². The molecule has 1 aromatic carbocycles. The van der Waals surface area contributed by atoms with E-state index in [9.17, 15) is 9.59 Å². The van der Waals surface area contributed by atoms with Crippen LogP contribution in [0, 0.1) is 6.92 Å². The zero-order valence-corrected chi connectivity index (χ0v) is 17.8. The van der Waals surface area contributed by atoms with Gasteiger partial charge in [0.2, 0.25) is 0 Å². The highest BCUT2D eigenvalue weighted by Gasteiger charge is 2.22. The number of aryl methyl sites for hydroxylation is 1. The molecule has 4 aromatic rings. The summed E-state index contributed by atoms with van der Waals surface area (Å²) in [5.41, 5.74) is 0.997. The van der Waals surface area contributed by atoms with Gasteiger partial charge in [0.25, 0.3) is 11.1 Å². The number of aromatic amines is 2. The Balaban J connectivity index is 1.78. The van der Waals surface area contributed by atoms with Crippen LogP contribution < -0.4 is 21.8 Å². The lowest BCUT2D eigenvalue weighted by Gasteiger charge is -2.14. The molecule has 0 radical (unpaired) electrons. The molecule has 0 fully saturated rings. The Hall–Kier alpha value is -3.87. The standard InChI is InChI=1S/C24H23N3O4/c1-14-16(11-20(31-14)15-8-6-5-7-9-15)10-18-22(28)27-19(23(29)26-18)12-17-21(24(2,3)4)30-13-25-17/h5-13H,1-4H3,(H,26,29)(H,27,28)/b18-10-,19-12-. The van der Waals surface area contributed by atoms with Crippen molar-refractivity contribution in [2.75, 3.05) is 0 Å². The molecule has 2 N–H and O–H groups in total. The summed E-state index contributed by atoms with van der Waals surface area (Å²) in [6.45, 7) is 7.75. The number of hydrogen-bond donors (Lipinski definition) is 2. The third-order valence-corrected chi connectivity index (χ3v) is 4.86. The number of rotatable bonds is 3. The largest absolute Gasteiger partial charge is 0.461 e. The van der Waals surface area contributed by atoms with Gasteiger partial charge in [0, 0.05) is 16.5 Å². The van der Waals surface area contributed by atoms with E-state index in [1.807, 2.05) is 64.1 Å². The van der Waals surface area contributed by atoms with Gasteiger partial charge in [-0.25, -0.2) is 4.98 Å². The van der Waals surface area contributed by atoms with Gasteiger partial charge in [-0.2, -0.15) is 0 Å². The predicted octanol–water partition coefficient (Wildman–Crippen LogP) is 2.57. The number of furan rings is 1. The minimum absolute atomic E-state index is 0.107. The van der Waals surface area contributed by atoms with Gasteiger partial charge in [0.15, 0.2) is 6.39 Å². The van der Waals surface area contributed by atoms with Crippen LogP contribution >= 0.6 is 0 Å². The molecule has 4 rings (SSSR count). The lowest BCUT2D eigenvalue weighted by Crippen LogP contribution is -2.46. The van der Waals surface area contributed by atoms with Crippen LogP contribution in [-0.2, 0) is 5.41 Å². The van der Waals surface area contributed by atoms with Crippen LogP contribution in [0.15, 0.2) is 61.2 Å². The molecule has 0 aliphatic heterocycles. The molecule has 158 valence electrons. The Bertz CT molecular complexity index is 1460. The van der Waals surface area contributed by atoms with E-state index in [0.717, 1.165) is 5.56 Å². The summed E-state index contributed by atoms with van der Waals surface area (Å²) < 4.78 is 11.3. The van der Waals surface area contributed by atoms with Gasteiger partial charge in [0.05, 0.1) is 0 Å².